The van der Waals surface area contributed by atoms with Gasteiger partial charge in [-0.05, 0) is 0 Å². The van der Waals surface area contributed by atoms with E-state index in [-0.39, 0.29) is 21.4 Å². The van der Waals surface area contributed by atoms with Gasteiger partial charge in [0, 0.05) is 21.8 Å². The third-order valence-electron chi connectivity index (χ3n) is 1.84. The van der Waals surface area contributed by atoms with Gasteiger partial charge in [-0.2, -0.15) is 0 Å². The van der Waals surface area contributed by atoms with Gasteiger partial charge >= 0.3 is 0 Å². The molecule has 12 heavy (non-hydrogen) atoms. The molecule has 0 amide bonds. The van der Waals surface area contributed by atoms with Gasteiger partial charge in [-0.3, -0.25) is 0 Å². The van der Waals surface area contributed by atoms with Crippen LogP contribution in [-0.4, -0.2) is 18.6 Å². The molecule has 2 unspecified atom stereocenters. The molecule has 0 aliphatic rings. The quantitative estimate of drug-likeness (QED) is 0.387. The van der Waals surface area contributed by atoms with Crippen molar-refractivity contribution < 1.29 is 9.63 Å². The van der Waals surface area contributed by atoms with Crippen LogP contribution >= 0.6 is 9.41 Å². The first kappa shape index (κ1) is 9.74. The van der Waals surface area contributed by atoms with E-state index in [1.807, 2.05) is 6.92 Å². The van der Waals surface area contributed by atoms with Crippen molar-refractivity contribution in [3.63, 3.8) is 0 Å². The first-order valence-electron chi connectivity index (χ1n) is 4.23. The molecule has 1 N–H and O–H groups in total. The van der Waals surface area contributed by atoms with Crippen LogP contribution in [0.5, 0.6) is 0 Å². The van der Waals surface area contributed by atoms with Gasteiger partial charge in [-0.15, -0.1) is 18.9 Å². The highest BCUT2D eigenvalue weighted by atomic mass is 31.0. The van der Waals surface area contributed by atoms with E-state index >= 15 is 0 Å². The summed E-state index contributed by atoms with van der Waals surface area (Å²) in [5.41, 5.74) is 0. The second kappa shape index (κ2) is 6.20. The highest BCUT2D eigenvalue weighted by Gasteiger charge is 2.21. The maximum absolute atomic E-state index is 9.43. The van der Waals surface area contributed by atoms with Crippen LogP contribution in [0.4, 0.5) is 0 Å². The summed E-state index contributed by atoms with van der Waals surface area (Å²) in [5, 5.41) is 9.43. The summed E-state index contributed by atoms with van der Waals surface area (Å²) < 4.78 is 12.0. The Kier molecular flexibility index (Phi) is 5.03. The average Bonchev–Trinajstić information content (AvgIpc) is 2.15. The standard InChI is InChI=1S/C9H15O2P/c1-4-6-9(11-12)7(3)8(10)5-2/h1,5,7-10H,2,6,12H2,3H3/t7-,8?,9+/m0/s1/i12T/t7-,8?,9+,12?. The van der Waals surface area contributed by atoms with Gasteiger partial charge in [0.25, 0.3) is 0 Å². The lowest BCUT2D eigenvalue weighted by Crippen LogP contribution is -2.28. The summed E-state index contributed by atoms with van der Waals surface area (Å²) in [5.74, 6) is 2.34. The molecule has 0 saturated carbocycles. The minimum Gasteiger partial charge on any atom is -0.389 e. The molecule has 0 aliphatic heterocycles. The van der Waals surface area contributed by atoms with Crippen LogP contribution in [0, 0.1) is 18.3 Å². The maximum atomic E-state index is 9.43. The van der Waals surface area contributed by atoms with E-state index < -0.39 is 6.10 Å². The smallest absolute Gasteiger partial charge is 0.0851 e. The lowest BCUT2D eigenvalue weighted by molar-refractivity contribution is 0.0756. The molecule has 0 spiro atoms. The number of aliphatic hydroxyl groups excluding tert-OH is 1. The van der Waals surface area contributed by atoms with Crippen LogP contribution in [-0.2, 0) is 4.52 Å². The third-order valence-corrected chi connectivity index (χ3v) is 2.14. The summed E-state index contributed by atoms with van der Waals surface area (Å²) in [7, 11) is -0.356. The molecule has 0 aliphatic carbocycles. The Morgan fingerprint density at radius 1 is 2.00 bits per heavy atom. The van der Waals surface area contributed by atoms with Crippen molar-refractivity contribution in [3.8, 4) is 12.3 Å². The Morgan fingerprint density at radius 2 is 2.67 bits per heavy atom. The molecule has 0 radical (unpaired) electrons. The van der Waals surface area contributed by atoms with Crippen LogP contribution in [0.15, 0.2) is 12.7 Å². The summed E-state index contributed by atoms with van der Waals surface area (Å²) in [6, 6.07) is 0. The van der Waals surface area contributed by atoms with E-state index in [1.165, 1.54) is 6.08 Å². The minimum absolute atomic E-state index is 0.119. The first-order valence-corrected chi connectivity index (χ1v) is 4.14. The largest absolute Gasteiger partial charge is 0.389 e. The zero-order chi connectivity index (χ0) is 10.3. The molecular weight excluding hydrogens is 171 g/mol. The zero-order valence-electron chi connectivity index (χ0n) is 8.16. The molecule has 0 rings (SSSR count). The Labute approximate surface area is 77.6 Å². The molecule has 0 saturated heterocycles. The maximum Gasteiger partial charge on any atom is 0.0851 e. The fourth-order valence-corrected chi connectivity index (χ4v) is 1.18. The first-order chi connectivity index (χ1) is 6.17. The lowest BCUT2D eigenvalue weighted by atomic mass is 9.96. The Balaban J connectivity index is 4.18. The molecule has 68 valence electrons. The molecular formula is C9H15O2P. The number of rotatable bonds is 6. The summed E-state index contributed by atoms with van der Waals surface area (Å²) in [6.07, 6.45) is 6.12. The molecule has 0 heterocycles. The number of hydrogen-bond donors (Lipinski definition) is 1. The summed E-state index contributed by atoms with van der Waals surface area (Å²) in [6.45, 7) is 5.31. The highest BCUT2D eigenvalue weighted by Crippen LogP contribution is 2.17. The Bertz CT molecular complexity index is 191. The molecule has 2 nitrogen and oxygen atoms in total. The van der Waals surface area contributed by atoms with Gasteiger partial charge in [0.15, 0.2) is 0 Å². The van der Waals surface area contributed by atoms with Crippen LogP contribution in [0.2, 0.25) is 0 Å². The second-order valence-electron chi connectivity index (χ2n) is 2.65. The topological polar surface area (TPSA) is 29.5 Å². The molecule has 0 fully saturated rings. The normalized spacial score (nSPS) is 19.6. The van der Waals surface area contributed by atoms with Gasteiger partial charge in [0.1, 0.15) is 0 Å². The zero-order valence-corrected chi connectivity index (χ0v) is 8.16. The van der Waals surface area contributed by atoms with Crippen molar-refractivity contribution in [3.05, 3.63) is 12.7 Å². The Morgan fingerprint density at radius 3 is 3.08 bits per heavy atom. The van der Waals surface area contributed by atoms with Gasteiger partial charge in [-0.1, -0.05) is 13.0 Å². The second-order valence-corrected chi connectivity index (χ2v) is 2.89. The van der Waals surface area contributed by atoms with Crippen LogP contribution in [0.1, 0.15) is 13.3 Å². The molecule has 0 aromatic rings. The van der Waals surface area contributed by atoms with Crippen molar-refractivity contribution >= 4 is 9.41 Å². The number of aliphatic hydroxyl groups is 1. The van der Waals surface area contributed by atoms with E-state index in [9.17, 15) is 5.11 Å². The van der Waals surface area contributed by atoms with E-state index in [0.29, 0.717) is 6.42 Å². The van der Waals surface area contributed by atoms with Crippen LogP contribution in [0.3, 0.4) is 0 Å². The van der Waals surface area contributed by atoms with Crippen LogP contribution in [0.25, 0.3) is 0 Å². The van der Waals surface area contributed by atoms with Gasteiger partial charge < -0.3 is 9.63 Å². The third kappa shape index (κ3) is 3.36. The number of terminal acetylenes is 1. The molecule has 4 atom stereocenters. The van der Waals surface area contributed by atoms with Crippen molar-refractivity contribution in [1.82, 2.24) is 0 Å². The van der Waals surface area contributed by atoms with E-state index in [4.69, 9.17) is 12.2 Å². The molecule has 0 aromatic carbocycles. The van der Waals surface area contributed by atoms with Crippen molar-refractivity contribution in [2.45, 2.75) is 25.6 Å². The van der Waals surface area contributed by atoms with Crippen LogP contribution < -0.4 is 0 Å². The number of hydrogen-bond acceptors (Lipinski definition) is 2. The van der Waals surface area contributed by atoms with E-state index in [2.05, 4.69) is 12.5 Å². The SMILES string of the molecule is [3H]PO[C@H](CC#C)[C@@H](C)C(O)C=C. The van der Waals surface area contributed by atoms with E-state index in [1.54, 1.807) is 0 Å². The fraction of sp³-hybridized carbons (Fsp3) is 0.556. The lowest BCUT2D eigenvalue weighted by Gasteiger charge is -2.23. The van der Waals surface area contributed by atoms with Crippen molar-refractivity contribution in [1.29, 1.82) is 1.28 Å². The van der Waals surface area contributed by atoms with Crippen molar-refractivity contribution in [2.24, 2.45) is 5.92 Å². The average molecular weight is 188 g/mol. The van der Waals surface area contributed by atoms with E-state index in [0.717, 1.165) is 0 Å². The fourth-order valence-electron chi connectivity index (χ4n) is 0.886. The minimum atomic E-state index is -0.630. The predicted molar refractivity (Wildman–Crippen MR) is 53.4 cm³/mol. The monoisotopic (exact) mass is 188 g/mol. The predicted octanol–water partition coefficient (Wildman–Crippen LogP) is 1.37. The Hall–Kier alpha value is -0.350. The summed E-state index contributed by atoms with van der Waals surface area (Å²) in [4.78, 5) is 0. The van der Waals surface area contributed by atoms with Gasteiger partial charge in [-0.25, -0.2) is 0 Å². The van der Waals surface area contributed by atoms with Crippen molar-refractivity contribution in [2.75, 3.05) is 0 Å². The highest BCUT2D eigenvalue weighted by molar-refractivity contribution is 7.09. The molecule has 3 heteroatoms. The van der Waals surface area contributed by atoms with Gasteiger partial charge in [0.05, 0.1) is 13.5 Å². The molecule has 0 bridgehead atoms. The molecule has 0 aromatic heterocycles. The summed E-state index contributed by atoms with van der Waals surface area (Å²) >= 11 is 0. The van der Waals surface area contributed by atoms with Gasteiger partial charge in [0.2, 0.25) is 0 Å².